The molecule has 2 aromatic heterocycles. The zero-order chi connectivity index (χ0) is 20.5. The van der Waals surface area contributed by atoms with Gasteiger partial charge in [0.2, 0.25) is 12.7 Å². The minimum Gasteiger partial charge on any atom is -0.473 e. The Morgan fingerprint density at radius 3 is 2.67 bits per heavy atom. The average molecular weight is 412 g/mol. The maximum absolute atomic E-state index is 12.4. The number of aromatic nitrogens is 4. The molecule has 3 heterocycles. The zero-order valence-electron chi connectivity index (χ0n) is 15.4. The molecule has 0 N–H and O–H groups in total. The zero-order valence-corrected chi connectivity index (χ0v) is 15.4. The van der Waals surface area contributed by atoms with Crippen molar-refractivity contribution >= 4 is 5.65 Å². The second kappa shape index (κ2) is 7.47. The van der Waals surface area contributed by atoms with E-state index < -0.39 is 6.61 Å². The number of halogens is 2. The van der Waals surface area contributed by atoms with E-state index in [0.717, 1.165) is 5.56 Å². The van der Waals surface area contributed by atoms with Crippen LogP contribution in [0, 0.1) is 0 Å². The van der Waals surface area contributed by atoms with Crippen LogP contribution in [0.15, 0.2) is 54.9 Å². The minimum atomic E-state index is -2.88. The molecule has 0 radical (unpaired) electrons. The van der Waals surface area contributed by atoms with Crippen LogP contribution in [0.2, 0.25) is 0 Å². The summed E-state index contributed by atoms with van der Waals surface area (Å²) >= 11 is 0. The fourth-order valence-electron chi connectivity index (χ4n) is 3.08. The van der Waals surface area contributed by atoms with Crippen molar-refractivity contribution in [2.75, 3.05) is 6.79 Å². The molecule has 1 aliphatic heterocycles. The van der Waals surface area contributed by atoms with Gasteiger partial charge in [-0.1, -0.05) is 6.07 Å². The monoisotopic (exact) mass is 412 g/mol. The Kier molecular flexibility index (Phi) is 4.51. The third-order valence-corrected chi connectivity index (χ3v) is 4.44. The first-order valence-electron chi connectivity index (χ1n) is 8.93. The number of hydrogen-bond acceptors (Lipinski definition) is 7. The first-order valence-corrected chi connectivity index (χ1v) is 8.93. The molecule has 10 heteroatoms. The van der Waals surface area contributed by atoms with Gasteiger partial charge in [-0.3, -0.25) is 4.98 Å². The summed E-state index contributed by atoms with van der Waals surface area (Å²) in [4.78, 5) is 4.14. The summed E-state index contributed by atoms with van der Waals surface area (Å²) in [5.74, 6) is 2.34. The largest absolute Gasteiger partial charge is 0.473 e. The summed E-state index contributed by atoms with van der Waals surface area (Å²) < 4.78 is 47.5. The Morgan fingerprint density at radius 2 is 1.83 bits per heavy atom. The Balaban J connectivity index is 1.43. The molecule has 0 atom stereocenters. The summed E-state index contributed by atoms with van der Waals surface area (Å²) in [5.41, 5.74) is 2.03. The Morgan fingerprint density at radius 1 is 1.00 bits per heavy atom. The van der Waals surface area contributed by atoms with E-state index in [1.54, 1.807) is 28.9 Å². The van der Waals surface area contributed by atoms with Gasteiger partial charge in [-0.2, -0.15) is 8.78 Å². The Labute approximate surface area is 168 Å². The van der Waals surface area contributed by atoms with Crippen LogP contribution < -0.4 is 18.9 Å². The van der Waals surface area contributed by atoms with Crippen LogP contribution in [-0.2, 0) is 6.61 Å². The molecule has 1 aliphatic rings. The highest BCUT2D eigenvalue weighted by molar-refractivity contribution is 5.61. The van der Waals surface area contributed by atoms with E-state index in [0.29, 0.717) is 34.4 Å². The third kappa shape index (κ3) is 3.43. The van der Waals surface area contributed by atoms with Gasteiger partial charge in [0.1, 0.15) is 12.4 Å². The number of alkyl halides is 2. The lowest BCUT2D eigenvalue weighted by atomic mass is 10.2. The number of nitrogens with zero attached hydrogens (tertiary/aromatic N) is 4. The minimum absolute atomic E-state index is 0.0588. The van der Waals surface area contributed by atoms with Crippen molar-refractivity contribution < 1.29 is 27.7 Å². The first-order chi connectivity index (χ1) is 14.7. The van der Waals surface area contributed by atoms with Crippen molar-refractivity contribution in [1.29, 1.82) is 0 Å². The predicted octanol–water partition coefficient (Wildman–Crippen LogP) is 3.70. The van der Waals surface area contributed by atoms with E-state index in [1.807, 2.05) is 18.2 Å². The lowest BCUT2D eigenvalue weighted by Gasteiger charge is -2.10. The van der Waals surface area contributed by atoms with Crippen molar-refractivity contribution in [1.82, 2.24) is 19.6 Å². The SMILES string of the molecule is FC(F)Oc1ccc(-c2nnc3cncc(OCc4ccc5c(c4)OCO5)n23)cc1. The molecule has 0 saturated carbocycles. The second-order valence-corrected chi connectivity index (χ2v) is 6.34. The number of benzene rings is 2. The van der Waals surface area contributed by atoms with Gasteiger partial charge in [0.05, 0.1) is 12.4 Å². The number of rotatable bonds is 6. The van der Waals surface area contributed by atoms with Crippen molar-refractivity contribution in [3.63, 3.8) is 0 Å². The summed E-state index contributed by atoms with van der Waals surface area (Å²) in [6.07, 6.45) is 3.11. The normalized spacial score (nSPS) is 12.5. The van der Waals surface area contributed by atoms with Gasteiger partial charge < -0.3 is 18.9 Å². The summed E-state index contributed by atoms with van der Waals surface area (Å²) in [7, 11) is 0. The van der Waals surface area contributed by atoms with Gasteiger partial charge in [-0.25, -0.2) is 4.40 Å². The van der Waals surface area contributed by atoms with Gasteiger partial charge in [0.25, 0.3) is 0 Å². The van der Waals surface area contributed by atoms with Gasteiger partial charge in [-0.15, -0.1) is 10.2 Å². The third-order valence-electron chi connectivity index (χ3n) is 4.44. The summed E-state index contributed by atoms with van der Waals surface area (Å²) in [5, 5.41) is 8.30. The van der Waals surface area contributed by atoms with Crippen LogP contribution in [0.1, 0.15) is 5.56 Å². The quantitative estimate of drug-likeness (QED) is 0.478. The Hall–Kier alpha value is -3.95. The van der Waals surface area contributed by atoms with Crippen LogP contribution in [0.5, 0.6) is 23.1 Å². The van der Waals surface area contributed by atoms with Crippen molar-refractivity contribution in [3.8, 4) is 34.5 Å². The number of fused-ring (bicyclic) bond motifs is 2. The summed E-state index contributed by atoms with van der Waals surface area (Å²) in [6.45, 7) is -2.42. The lowest BCUT2D eigenvalue weighted by Crippen LogP contribution is -2.03. The van der Waals surface area contributed by atoms with Crippen LogP contribution in [-0.4, -0.2) is 33.0 Å². The first kappa shape index (κ1) is 18.1. The molecule has 2 aromatic carbocycles. The fourth-order valence-corrected chi connectivity index (χ4v) is 3.08. The lowest BCUT2D eigenvalue weighted by molar-refractivity contribution is -0.0498. The molecule has 0 saturated heterocycles. The van der Waals surface area contributed by atoms with E-state index in [9.17, 15) is 8.78 Å². The molecular weight excluding hydrogens is 398 g/mol. The topological polar surface area (TPSA) is 80.0 Å². The second-order valence-electron chi connectivity index (χ2n) is 6.34. The molecule has 0 amide bonds. The molecule has 4 aromatic rings. The van der Waals surface area contributed by atoms with E-state index >= 15 is 0 Å². The highest BCUT2D eigenvalue weighted by atomic mass is 19.3. The highest BCUT2D eigenvalue weighted by Crippen LogP contribution is 2.33. The molecule has 8 nitrogen and oxygen atoms in total. The van der Waals surface area contributed by atoms with Gasteiger partial charge >= 0.3 is 6.61 Å². The smallest absolute Gasteiger partial charge is 0.387 e. The molecular formula is C20H14F2N4O4. The van der Waals surface area contributed by atoms with Gasteiger partial charge in [-0.05, 0) is 42.0 Å². The van der Waals surface area contributed by atoms with Gasteiger partial charge in [0, 0.05) is 5.56 Å². The van der Waals surface area contributed by atoms with Crippen LogP contribution >= 0.6 is 0 Å². The molecule has 152 valence electrons. The van der Waals surface area contributed by atoms with Crippen LogP contribution in [0.3, 0.4) is 0 Å². The van der Waals surface area contributed by atoms with E-state index in [-0.39, 0.29) is 19.1 Å². The maximum atomic E-state index is 12.4. The molecule has 0 bridgehead atoms. The number of hydrogen-bond donors (Lipinski definition) is 0. The van der Waals surface area contributed by atoms with Crippen LogP contribution in [0.25, 0.3) is 17.0 Å². The highest BCUT2D eigenvalue weighted by Gasteiger charge is 2.16. The maximum Gasteiger partial charge on any atom is 0.387 e. The molecule has 0 unspecified atom stereocenters. The predicted molar refractivity (Wildman–Crippen MR) is 99.7 cm³/mol. The molecule has 0 fully saturated rings. The van der Waals surface area contributed by atoms with E-state index in [2.05, 4.69) is 19.9 Å². The molecule has 5 rings (SSSR count). The summed E-state index contributed by atoms with van der Waals surface area (Å²) in [6, 6.07) is 11.7. The Bertz CT molecular complexity index is 1200. The molecule has 30 heavy (non-hydrogen) atoms. The average Bonchev–Trinajstić information content (AvgIpc) is 3.39. The number of ether oxygens (including phenoxy) is 4. The van der Waals surface area contributed by atoms with Crippen LogP contribution in [0.4, 0.5) is 8.78 Å². The van der Waals surface area contributed by atoms with E-state index in [4.69, 9.17) is 14.2 Å². The van der Waals surface area contributed by atoms with Crippen molar-refractivity contribution in [3.05, 3.63) is 60.4 Å². The van der Waals surface area contributed by atoms with Crippen molar-refractivity contribution in [2.45, 2.75) is 13.2 Å². The van der Waals surface area contributed by atoms with Crippen molar-refractivity contribution in [2.24, 2.45) is 0 Å². The fraction of sp³-hybridized carbons (Fsp3) is 0.150. The van der Waals surface area contributed by atoms with E-state index in [1.165, 1.54) is 12.1 Å². The molecule has 0 aliphatic carbocycles. The standard InChI is InChI=1S/C20H14F2N4O4/c21-20(22)30-14-4-2-13(3-5-14)19-25-24-17-8-23-9-18(26(17)19)27-10-12-1-6-15-16(7-12)29-11-28-15/h1-9,20H,10-11H2. The molecule has 0 spiro atoms. The van der Waals surface area contributed by atoms with Gasteiger partial charge in [0.15, 0.2) is 23.0 Å².